The van der Waals surface area contributed by atoms with E-state index in [1.165, 1.54) is 5.37 Å². The van der Waals surface area contributed by atoms with E-state index >= 15 is 0 Å². The summed E-state index contributed by atoms with van der Waals surface area (Å²) < 4.78 is 0. The summed E-state index contributed by atoms with van der Waals surface area (Å²) in [6, 6.07) is 0. The lowest BCUT2D eigenvalue weighted by atomic mass is 10.3. The Morgan fingerprint density at radius 3 is 2.50 bits per heavy atom. The number of rotatable bonds is 3. The molecule has 1 aliphatic rings. The highest BCUT2D eigenvalue weighted by atomic mass is 32.1. The van der Waals surface area contributed by atoms with Crippen molar-refractivity contribution in [2.24, 2.45) is 0 Å². The van der Waals surface area contributed by atoms with Crippen molar-refractivity contribution in [1.29, 1.82) is 0 Å². The highest BCUT2D eigenvalue weighted by Gasteiger charge is 2.14. The first-order valence-corrected chi connectivity index (χ1v) is 4.58. The first-order chi connectivity index (χ1) is 5.72. The van der Waals surface area contributed by atoms with E-state index in [0.717, 1.165) is 26.2 Å². The van der Waals surface area contributed by atoms with Gasteiger partial charge in [0.05, 0.1) is 6.54 Å². The van der Waals surface area contributed by atoms with E-state index in [2.05, 4.69) is 29.1 Å². The lowest BCUT2D eigenvalue weighted by Gasteiger charge is -2.31. The van der Waals surface area contributed by atoms with Gasteiger partial charge in [0.2, 0.25) is 0 Å². The van der Waals surface area contributed by atoms with Gasteiger partial charge in [-0.25, -0.2) is 0 Å². The minimum atomic E-state index is 0.0505. The molecule has 0 atom stereocenters. The highest BCUT2D eigenvalue weighted by molar-refractivity contribution is 7.80. The molecule has 1 rings (SSSR count). The summed E-state index contributed by atoms with van der Waals surface area (Å²) in [6.45, 7) is 4.55. The maximum atomic E-state index is 10.9. The minimum absolute atomic E-state index is 0.0505. The quantitative estimate of drug-likeness (QED) is 0.570. The van der Waals surface area contributed by atoms with Gasteiger partial charge in [-0.3, -0.25) is 9.69 Å². The molecule has 1 aliphatic heterocycles. The van der Waals surface area contributed by atoms with Gasteiger partial charge in [-0.2, -0.15) is 0 Å². The van der Waals surface area contributed by atoms with Crippen LogP contribution < -0.4 is 0 Å². The number of nitrogens with zero attached hydrogens (tertiary/aromatic N) is 2. The Bertz CT molecular complexity index is 176. The second-order valence-corrected chi connectivity index (χ2v) is 3.40. The van der Waals surface area contributed by atoms with E-state index in [-0.39, 0.29) is 5.78 Å². The minimum Gasteiger partial charge on any atom is -0.304 e. The predicted molar refractivity (Wildman–Crippen MR) is 52.6 cm³/mol. The van der Waals surface area contributed by atoms with Gasteiger partial charge >= 0.3 is 0 Å². The third kappa shape index (κ3) is 2.97. The third-order valence-corrected chi connectivity index (χ3v) is 2.37. The molecule has 0 aromatic carbocycles. The van der Waals surface area contributed by atoms with Crippen LogP contribution in [0.25, 0.3) is 0 Å². The molecule has 0 radical (unpaired) electrons. The van der Waals surface area contributed by atoms with Crippen LogP contribution in [-0.2, 0) is 4.79 Å². The average Bonchev–Trinajstić information content (AvgIpc) is 2.09. The molecule has 0 amide bonds. The number of piperazine rings is 1. The van der Waals surface area contributed by atoms with Crippen molar-refractivity contribution in [3.05, 3.63) is 0 Å². The second kappa shape index (κ2) is 4.64. The van der Waals surface area contributed by atoms with E-state index < -0.39 is 0 Å². The van der Waals surface area contributed by atoms with E-state index in [4.69, 9.17) is 0 Å². The van der Waals surface area contributed by atoms with Crippen LogP contribution in [0.5, 0.6) is 0 Å². The summed E-state index contributed by atoms with van der Waals surface area (Å²) in [7, 11) is 2.10. The number of thiocarbonyl (C=S) groups is 1. The van der Waals surface area contributed by atoms with Crippen molar-refractivity contribution in [2.75, 3.05) is 39.8 Å². The van der Waals surface area contributed by atoms with Gasteiger partial charge in [0.15, 0.2) is 5.78 Å². The fourth-order valence-corrected chi connectivity index (χ4v) is 1.34. The molecule has 0 unspecified atom stereocenters. The van der Waals surface area contributed by atoms with Crippen LogP contribution >= 0.6 is 12.2 Å². The molecular weight excluding hydrogens is 172 g/mol. The standard InChI is InChI=1S/C8H14N2OS/c1-9-2-4-10(5-3-9)6-8(11)7-12/h7H,2-6H2,1H3. The molecule has 1 saturated heterocycles. The summed E-state index contributed by atoms with van der Waals surface area (Å²) >= 11 is 4.55. The second-order valence-electron chi connectivity index (χ2n) is 3.16. The van der Waals surface area contributed by atoms with Crippen molar-refractivity contribution in [3.8, 4) is 0 Å². The molecule has 0 aromatic rings. The van der Waals surface area contributed by atoms with Gasteiger partial charge in [-0.15, -0.1) is 0 Å². The number of carbonyl (C=O) groups is 1. The van der Waals surface area contributed by atoms with Crippen molar-refractivity contribution in [1.82, 2.24) is 9.80 Å². The van der Waals surface area contributed by atoms with Crippen LogP contribution in [0, 0.1) is 0 Å². The molecule has 4 heteroatoms. The summed E-state index contributed by atoms with van der Waals surface area (Å²) in [6.07, 6.45) is 0. The van der Waals surface area contributed by atoms with E-state index in [9.17, 15) is 4.79 Å². The van der Waals surface area contributed by atoms with Gasteiger partial charge in [0.25, 0.3) is 0 Å². The van der Waals surface area contributed by atoms with Crippen LogP contribution in [0.2, 0.25) is 0 Å². The van der Waals surface area contributed by atoms with Crippen LogP contribution in [0.4, 0.5) is 0 Å². The monoisotopic (exact) mass is 186 g/mol. The molecule has 68 valence electrons. The average molecular weight is 186 g/mol. The fourth-order valence-electron chi connectivity index (χ4n) is 1.26. The molecule has 12 heavy (non-hydrogen) atoms. The first-order valence-electron chi connectivity index (χ1n) is 4.11. The highest BCUT2D eigenvalue weighted by Crippen LogP contribution is 1.97. The summed E-state index contributed by atoms with van der Waals surface area (Å²) in [5.41, 5.74) is 0. The number of ketones is 1. The Balaban J connectivity index is 2.26. The number of hydrogen-bond donors (Lipinski definition) is 0. The van der Waals surface area contributed by atoms with E-state index in [1.54, 1.807) is 0 Å². The molecule has 1 fully saturated rings. The van der Waals surface area contributed by atoms with Crippen molar-refractivity contribution < 1.29 is 4.79 Å². The zero-order valence-electron chi connectivity index (χ0n) is 7.32. The molecule has 0 N–H and O–H groups in total. The maximum absolute atomic E-state index is 10.9. The smallest absolute Gasteiger partial charge is 0.180 e. The molecule has 0 aliphatic carbocycles. The normalized spacial score (nSPS) is 20.8. The molecule has 0 aromatic heterocycles. The van der Waals surface area contributed by atoms with Crippen LogP contribution in [-0.4, -0.2) is 60.7 Å². The van der Waals surface area contributed by atoms with Crippen molar-refractivity contribution >= 4 is 23.4 Å². The lowest BCUT2D eigenvalue weighted by molar-refractivity contribution is -0.113. The summed E-state index contributed by atoms with van der Waals surface area (Å²) in [5, 5.41) is 1.23. The van der Waals surface area contributed by atoms with Gasteiger partial charge in [-0.05, 0) is 7.05 Å². The van der Waals surface area contributed by atoms with Gasteiger partial charge in [-0.1, -0.05) is 12.2 Å². The predicted octanol–water partition coefficient (Wildman–Crippen LogP) is -0.197. The molecule has 0 spiro atoms. The molecule has 3 nitrogen and oxygen atoms in total. The number of Topliss-reactive ketones (excluding diaryl/α,β-unsaturated/α-hetero) is 1. The van der Waals surface area contributed by atoms with Gasteiger partial charge < -0.3 is 4.90 Å². The Labute approximate surface area is 78.3 Å². The zero-order chi connectivity index (χ0) is 8.97. The molecule has 1 heterocycles. The summed E-state index contributed by atoms with van der Waals surface area (Å²) in [4.78, 5) is 15.4. The lowest BCUT2D eigenvalue weighted by Crippen LogP contribution is -2.46. The van der Waals surface area contributed by atoms with Crippen molar-refractivity contribution in [2.45, 2.75) is 0 Å². The largest absolute Gasteiger partial charge is 0.304 e. The first kappa shape index (κ1) is 9.77. The zero-order valence-corrected chi connectivity index (χ0v) is 8.14. The van der Waals surface area contributed by atoms with Crippen LogP contribution in [0.3, 0.4) is 0 Å². The number of carbonyl (C=O) groups excluding carboxylic acids is 1. The molecule has 0 bridgehead atoms. The Morgan fingerprint density at radius 1 is 1.42 bits per heavy atom. The molecule has 0 saturated carbocycles. The number of hydrogen-bond acceptors (Lipinski definition) is 4. The van der Waals surface area contributed by atoms with Gasteiger partial charge in [0, 0.05) is 31.5 Å². The Morgan fingerprint density at radius 2 is 2.00 bits per heavy atom. The Kier molecular flexibility index (Phi) is 3.78. The third-order valence-electron chi connectivity index (χ3n) is 2.11. The van der Waals surface area contributed by atoms with Crippen molar-refractivity contribution in [3.63, 3.8) is 0 Å². The number of likely N-dealkylation sites (N-methyl/N-ethyl adjacent to an activating group) is 1. The SMILES string of the molecule is CN1CCN(CC(=O)C=S)CC1. The van der Waals surface area contributed by atoms with E-state index in [1.807, 2.05) is 0 Å². The molecular formula is C8H14N2OS. The fraction of sp³-hybridized carbons (Fsp3) is 0.750. The van der Waals surface area contributed by atoms with Crippen LogP contribution in [0.15, 0.2) is 0 Å². The Hall–Kier alpha value is -0.320. The van der Waals surface area contributed by atoms with Crippen LogP contribution in [0.1, 0.15) is 0 Å². The van der Waals surface area contributed by atoms with Gasteiger partial charge in [0.1, 0.15) is 0 Å². The topological polar surface area (TPSA) is 23.6 Å². The summed E-state index contributed by atoms with van der Waals surface area (Å²) in [5.74, 6) is 0.0505. The maximum Gasteiger partial charge on any atom is 0.180 e. The van der Waals surface area contributed by atoms with E-state index in [0.29, 0.717) is 6.54 Å².